The van der Waals surface area contributed by atoms with Gasteiger partial charge in [-0.25, -0.2) is 15.0 Å². The quantitative estimate of drug-likeness (QED) is 0.591. The number of benzene rings is 1. The Morgan fingerprint density at radius 2 is 1.82 bits per heavy atom. The molecule has 1 aliphatic rings. The Morgan fingerprint density at radius 1 is 1.12 bits per heavy atom. The fraction of sp³-hybridized carbons (Fsp3) is 0.435. The molecule has 9 nitrogen and oxygen atoms in total. The molecule has 1 amide bonds. The zero-order chi connectivity index (χ0) is 23.4. The van der Waals surface area contributed by atoms with Crippen LogP contribution in [0.15, 0.2) is 36.7 Å². The Labute approximate surface area is 198 Å². The van der Waals surface area contributed by atoms with Gasteiger partial charge < -0.3 is 19.9 Å². The number of carbonyl (C=O) groups excluding carboxylic acids is 1. The highest BCUT2D eigenvalue weighted by Crippen LogP contribution is 2.31. The van der Waals surface area contributed by atoms with Gasteiger partial charge in [0.25, 0.3) is 0 Å². The van der Waals surface area contributed by atoms with Crippen LogP contribution in [0.5, 0.6) is 6.01 Å². The van der Waals surface area contributed by atoms with Gasteiger partial charge in [0.1, 0.15) is 5.82 Å². The van der Waals surface area contributed by atoms with Crippen LogP contribution >= 0.6 is 11.5 Å². The molecule has 0 unspecified atom stereocenters. The average Bonchev–Trinajstić information content (AvgIpc) is 3.33. The highest BCUT2D eigenvalue weighted by molar-refractivity contribution is 7.09. The molecule has 0 saturated carbocycles. The van der Waals surface area contributed by atoms with E-state index in [9.17, 15) is 4.79 Å². The summed E-state index contributed by atoms with van der Waals surface area (Å²) in [6, 6.07) is 8.54. The number of nitrogens with zero attached hydrogens (tertiary/aromatic N) is 6. The van der Waals surface area contributed by atoms with E-state index in [-0.39, 0.29) is 17.9 Å². The Morgan fingerprint density at radius 3 is 2.45 bits per heavy atom. The van der Waals surface area contributed by atoms with Crippen molar-refractivity contribution in [3.05, 3.63) is 42.5 Å². The number of para-hydroxylation sites is 1. The Bertz CT molecular complexity index is 1090. The van der Waals surface area contributed by atoms with Gasteiger partial charge in [-0.3, -0.25) is 4.79 Å². The van der Waals surface area contributed by atoms with E-state index >= 15 is 0 Å². The maximum atomic E-state index is 12.7. The van der Waals surface area contributed by atoms with E-state index in [1.165, 1.54) is 11.5 Å². The number of carbonyl (C=O) groups is 1. The summed E-state index contributed by atoms with van der Waals surface area (Å²) in [5, 5.41) is 3.82. The minimum atomic E-state index is -0.106. The second kappa shape index (κ2) is 9.70. The van der Waals surface area contributed by atoms with Gasteiger partial charge >= 0.3 is 6.01 Å². The number of methoxy groups -OCH3 is 1. The first-order chi connectivity index (χ1) is 15.8. The highest BCUT2D eigenvalue weighted by atomic mass is 32.1. The molecule has 3 heterocycles. The Balaban J connectivity index is 1.35. The van der Waals surface area contributed by atoms with Gasteiger partial charge in [-0.2, -0.15) is 4.37 Å². The van der Waals surface area contributed by atoms with Gasteiger partial charge in [0.15, 0.2) is 0 Å². The van der Waals surface area contributed by atoms with Crippen LogP contribution in [-0.4, -0.2) is 70.0 Å². The number of hydrogen-bond acceptors (Lipinski definition) is 9. The molecule has 0 aliphatic carbocycles. The van der Waals surface area contributed by atoms with E-state index < -0.39 is 0 Å². The highest BCUT2D eigenvalue weighted by Gasteiger charge is 2.24. The number of ether oxygens (including phenoxy) is 1. The number of rotatable bonds is 6. The molecule has 0 atom stereocenters. The summed E-state index contributed by atoms with van der Waals surface area (Å²) in [6.45, 7) is 9.28. The summed E-state index contributed by atoms with van der Waals surface area (Å²) in [6.07, 6.45) is 3.54. The maximum Gasteiger partial charge on any atom is 0.316 e. The minimum absolute atomic E-state index is 0.0685. The second-order valence-electron chi connectivity index (χ2n) is 8.87. The van der Waals surface area contributed by atoms with Crippen LogP contribution in [0.4, 0.5) is 10.8 Å². The van der Waals surface area contributed by atoms with Crippen molar-refractivity contribution in [2.45, 2.75) is 26.2 Å². The number of aromatic nitrogens is 4. The predicted octanol–water partition coefficient (Wildman–Crippen LogP) is 3.06. The fourth-order valence-electron chi connectivity index (χ4n) is 3.61. The normalized spacial score (nSPS) is 14.3. The Hall–Kier alpha value is -3.27. The molecule has 3 aromatic rings. The third-order valence-corrected chi connectivity index (χ3v) is 6.16. The summed E-state index contributed by atoms with van der Waals surface area (Å²) in [5.74, 6) is 0.857. The van der Waals surface area contributed by atoms with Gasteiger partial charge in [0.2, 0.25) is 11.0 Å². The summed E-state index contributed by atoms with van der Waals surface area (Å²) in [7, 11) is 1.55. The first kappa shape index (κ1) is 22.9. The van der Waals surface area contributed by atoms with Crippen molar-refractivity contribution >= 4 is 28.3 Å². The van der Waals surface area contributed by atoms with Crippen molar-refractivity contribution in [1.29, 1.82) is 0 Å². The number of hydrogen-bond donors (Lipinski definition) is 1. The smallest absolute Gasteiger partial charge is 0.316 e. The van der Waals surface area contributed by atoms with Gasteiger partial charge in [-0.15, -0.1) is 0 Å². The molecule has 0 radical (unpaired) electrons. The maximum absolute atomic E-state index is 12.7. The molecule has 0 bridgehead atoms. The van der Waals surface area contributed by atoms with Crippen LogP contribution in [-0.2, 0) is 10.2 Å². The standard InChI is InChI=1S/C23H29N7O2S/c1-23(2,3)20-27-22(33-28-20)26-15-19(31)30-11-9-29(10-12-30)18-8-6-5-7-17(18)16-13-24-21(32-4)25-14-16/h5-8,13-14H,9-12,15H2,1-4H3,(H,26,27,28). The van der Waals surface area contributed by atoms with E-state index in [2.05, 4.69) is 62.4 Å². The van der Waals surface area contributed by atoms with Crippen LogP contribution in [0.1, 0.15) is 26.6 Å². The summed E-state index contributed by atoms with van der Waals surface area (Å²) < 4.78 is 9.45. The molecule has 1 N–H and O–H groups in total. The zero-order valence-corrected chi connectivity index (χ0v) is 20.2. The van der Waals surface area contributed by atoms with Gasteiger partial charge in [0, 0.05) is 72.3 Å². The van der Waals surface area contributed by atoms with E-state index in [1.807, 2.05) is 17.0 Å². The lowest BCUT2D eigenvalue weighted by Gasteiger charge is -2.37. The van der Waals surface area contributed by atoms with Crippen molar-refractivity contribution in [2.24, 2.45) is 0 Å². The third-order valence-electron chi connectivity index (χ3n) is 5.49. The average molecular weight is 468 g/mol. The van der Waals surface area contributed by atoms with Gasteiger partial charge in [0.05, 0.1) is 13.7 Å². The van der Waals surface area contributed by atoms with Crippen LogP contribution in [0.25, 0.3) is 11.1 Å². The molecule has 174 valence electrons. The van der Waals surface area contributed by atoms with Crippen molar-refractivity contribution in [2.75, 3.05) is 50.1 Å². The lowest BCUT2D eigenvalue weighted by atomic mass is 9.96. The lowest BCUT2D eigenvalue weighted by molar-refractivity contribution is -0.129. The van der Waals surface area contributed by atoms with Crippen molar-refractivity contribution < 1.29 is 9.53 Å². The molecule has 1 saturated heterocycles. The van der Waals surface area contributed by atoms with Gasteiger partial charge in [-0.05, 0) is 6.07 Å². The summed E-state index contributed by atoms with van der Waals surface area (Å²) >= 11 is 1.30. The summed E-state index contributed by atoms with van der Waals surface area (Å²) in [5.41, 5.74) is 3.00. The zero-order valence-electron chi connectivity index (χ0n) is 19.4. The monoisotopic (exact) mass is 467 g/mol. The first-order valence-electron chi connectivity index (χ1n) is 10.9. The molecule has 10 heteroatoms. The number of amides is 1. The molecule has 33 heavy (non-hydrogen) atoms. The van der Waals surface area contributed by atoms with Crippen LogP contribution in [0.2, 0.25) is 0 Å². The van der Waals surface area contributed by atoms with Crippen molar-refractivity contribution in [3.63, 3.8) is 0 Å². The largest absolute Gasteiger partial charge is 0.467 e. The van der Waals surface area contributed by atoms with E-state index in [0.717, 1.165) is 35.7 Å². The van der Waals surface area contributed by atoms with Crippen molar-refractivity contribution in [3.8, 4) is 17.1 Å². The van der Waals surface area contributed by atoms with E-state index in [1.54, 1.807) is 19.5 Å². The molecule has 4 rings (SSSR count). The van der Waals surface area contributed by atoms with E-state index in [0.29, 0.717) is 24.2 Å². The molecular weight excluding hydrogens is 438 g/mol. The van der Waals surface area contributed by atoms with Crippen molar-refractivity contribution in [1.82, 2.24) is 24.2 Å². The molecular formula is C23H29N7O2S. The third kappa shape index (κ3) is 5.39. The number of anilines is 2. The van der Waals surface area contributed by atoms with Crippen LogP contribution in [0, 0.1) is 0 Å². The molecule has 1 fully saturated rings. The minimum Gasteiger partial charge on any atom is -0.467 e. The molecule has 1 aliphatic heterocycles. The number of nitrogens with one attached hydrogen (secondary N) is 1. The van der Waals surface area contributed by atoms with E-state index in [4.69, 9.17) is 4.74 Å². The summed E-state index contributed by atoms with van der Waals surface area (Å²) in [4.78, 5) is 29.9. The predicted molar refractivity (Wildman–Crippen MR) is 130 cm³/mol. The molecule has 1 aromatic carbocycles. The Kier molecular flexibility index (Phi) is 6.73. The molecule has 2 aromatic heterocycles. The topological polar surface area (TPSA) is 96.4 Å². The lowest BCUT2D eigenvalue weighted by Crippen LogP contribution is -2.50. The van der Waals surface area contributed by atoms with Crippen LogP contribution < -0.4 is 15.0 Å². The van der Waals surface area contributed by atoms with Crippen LogP contribution in [0.3, 0.4) is 0 Å². The second-order valence-corrected chi connectivity index (χ2v) is 9.62. The first-order valence-corrected chi connectivity index (χ1v) is 11.7. The number of piperazine rings is 1. The SMILES string of the molecule is COc1ncc(-c2ccccc2N2CCN(C(=O)CNc3nc(C(C)(C)C)ns3)CC2)cn1. The van der Waals surface area contributed by atoms with Gasteiger partial charge in [-0.1, -0.05) is 39.0 Å². The molecule has 0 spiro atoms. The fourth-order valence-corrected chi connectivity index (χ4v) is 4.37.